The van der Waals surface area contributed by atoms with Crippen LogP contribution >= 0.6 is 22.6 Å². The van der Waals surface area contributed by atoms with Crippen LogP contribution in [0.25, 0.3) is 0 Å². The maximum absolute atomic E-state index is 13.1. The second-order valence-electron chi connectivity index (χ2n) is 9.18. The zero-order valence-corrected chi connectivity index (χ0v) is 24.1. The second-order valence-corrected chi connectivity index (χ2v) is 10.3. The van der Waals surface area contributed by atoms with Gasteiger partial charge in [-0.1, -0.05) is 6.92 Å². The molecular formula is C26H38IN3O8. The lowest BCUT2D eigenvalue weighted by molar-refractivity contribution is -0.138. The summed E-state index contributed by atoms with van der Waals surface area (Å²) in [5.74, 6) is 0.225. The molecule has 1 aromatic rings. The number of halogens is 1. The topological polar surface area (TPSA) is 141 Å². The Morgan fingerprint density at radius 3 is 2.63 bits per heavy atom. The van der Waals surface area contributed by atoms with Gasteiger partial charge in [0, 0.05) is 51.1 Å². The van der Waals surface area contributed by atoms with Gasteiger partial charge in [-0.15, -0.1) is 0 Å². The van der Waals surface area contributed by atoms with E-state index < -0.39 is 18.2 Å². The zero-order chi connectivity index (χ0) is 27.7. The first-order chi connectivity index (χ1) is 18.3. The number of aliphatic hydroxyl groups is 3. The summed E-state index contributed by atoms with van der Waals surface area (Å²) in [7, 11) is 1.48. The smallest absolute Gasteiger partial charge is 0.247 e. The van der Waals surface area contributed by atoms with Gasteiger partial charge in [0.2, 0.25) is 11.8 Å². The van der Waals surface area contributed by atoms with E-state index in [1.54, 1.807) is 30.0 Å². The van der Waals surface area contributed by atoms with E-state index in [0.717, 1.165) is 13.1 Å². The van der Waals surface area contributed by atoms with Gasteiger partial charge in [-0.2, -0.15) is 0 Å². The fourth-order valence-electron chi connectivity index (χ4n) is 4.65. The van der Waals surface area contributed by atoms with E-state index in [2.05, 4.69) is 32.8 Å². The Balaban J connectivity index is 1.92. The van der Waals surface area contributed by atoms with Crippen LogP contribution in [0.3, 0.4) is 0 Å². The number of nitrogens with zero attached hydrogens (tertiary/aromatic N) is 2. The van der Waals surface area contributed by atoms with E-state index >= 15 is 0 Å². The normalized spacial score (nSPS) is 21.9. The number of hydrogen-bond acceptors (Lipinski definition) is 9. The monoisotopic (exact) mass is 647 g/mol. The van der Waals surface area contributed by atoms with Gasteiger partial charge < -0.3 is 39.7 Å². The number of nitrogens with one attached hydrogen (secondary N) is 1. The summed E-state index contributed by atoms with van der Waals surface area (Å²) in [6, 6.07) is 2.70. The van der Waals surface area contributed by atoms with E-state index in [1.807, 2.05) is 0 Å². The van der Waals surface area contributed by atoms with Gasteiger partial charge >= 0.3 is 0 Å². The average Bonchev–Trinajstić information content (AvgIpc) is 2.94. The molecule has 1 heterocycles. The molecule has 212 valence electrons. The molecule has 1 saturated heterocycles. The van der Waals surface area contributed by atoms with Crippen LogP contribution in [0.5, 0.6) is 11.5 Å². The fourth-order valence-corrected chi connectivity index (χ4v) is 5.44. The number of ether oxygens (including phenoxy) is 3. The van der Waals surface area contributed by atoms with Crippen molar-refractivity contribution in [1.82, 2.24) is 15.1 Å². The lowest BCUT2D eigenvalue weighted by Crippen LogP contribution is -2.56. The number of aliphatic hydroxyl groups excluding tert-OH is 3. The third kappa shape index (κ3) is 7.79. The van der Waals surface area contributed by atoms with Gasteiger partial charge in [0.1, 0.15) is 12.2 Å². The van der Waals surface area contributed by atoms with Crippen molar-refractivity contribution in [2.75, 3.05) is 59.7 Å². The van der Waals surface area contributed by atoms with Crippen molar-refractivity contribution in [3.8, 4) is 11.5 Å². The number of morpholine rings is 1. The van der Waals surface area contributed by atoms with Crippen LogP contribution in [0, 0.1) is 3.57 Å². The van der Waals surface area contributed by atoms with Crippen molar-refractivity contribution in [1.29, 1.82) is 0 Å². The molecule has 2 aliphatic rings. The number of carbonyl (C=O) groups is 2. The fraction of sp³-hybridized carbons (Fsp3) is 0.615. The van der Waals surface area contributed by atoms with Crippen molar-refractivity contribution in [3.63, 3.8) is 0 Å². The molecule has 11 nitrogen and oxygen atoms in total. The first-order valence-electron chi connectivity index (χ1n) is 12.8. The zero-order valence-electron chi connectivity index (χ0n) is 21.9. The van der Waals surface area contributed by atoms with Crippen LogP contribution < -0.4 is 14.8 Å². The Bertz CT molecular complexity index is 985. The summed E-state index contributed by atoms with van der Waals surface area (Å²) in [4.78, 5) is 29.9. The first-order valence-corrected chi connectivity index (χ1v) is 13.9. The van der Waals surface area contributed by atoms with Crippen LogP contribution in [-0.4, -0.2) is 115 Å². The average molecular weight is 648 g/mol. The minimum absolute atomic E-state index is 0.0812. The molecule has 0 radical (unpaired) electrons. The highest BCUT2D eigenvalue weighted by atomic mass is 127. The number of rotatable bonds is 12. The van der Waals surface area contributed by atoms with E-state index in [9.17, 15) is 24.9 Å². The number of carbonyl (C=O) groups excluding carboxylic acids is 2. The summed E-state index contributed by atoms with van der Waals surface area (Å²) in [5.41, 5.74) is 1.00. The Hall–Kier alpha value is -1.97. The summed E-state index contributed by atoms with van der Waals surface area (Å²) >= 11 is 2.07. The third-order valence-corrected chi connectivity index (χ3v) is 7.53. The maximum atomic E-state index is 13.1. The molecule has 3 atom stereocenters. The number of methoxy groups -OCH3 is 1. The van der Waals surface area contributed by atoms with Crippen LogP contribution in [0.2, 0.25) is 0 Å². The third-order valence-electron chi connectivity index (χ3n) is 6.72. The highest BCUT2D eigenvalue weighted by Crippen LogP contribution is 2.37. The maximum Gasteiger partial charge on any atom is 0.247 e. The molecule has 1 aliphatic carbocycles. The van der Waals surface area contributed by atoms with Crippen molar-refractivity contribution < 1.29 is 39.1 Å². The standard InChI is InChI=1S/C26H38IN3O8/c1-3-23(33)30(6-5-29-7-10-37-11-8-29)20-14-18(26(35)28-4-9-31)15-21(24(20)34)38-25-19(27)12-17(16-32)13-22(25)36-2/h12-13,15,20-21,24,31-32,34H,3-11,14,16H2,1-2H3,(H,28,35)/t20-,21+,24+/m1/s1. The quantitative estimate of drug-likeness (QED) is 0.236. The predicted octanol–water partition coefficient (Wildman–Crippen LogP) is 0.278. The van der Waals surface area contributed by atoms with E-state index in [4.69, 9.17) is 14.2 Å². The molecule has 2 amide bonds. The molecule has 0 saturated carbocycles. The van der Waals surface area contributed by atoms with E-state index in [1.165, 1.54) is 7.11 Å². The van der Waals surface area contributed by atoms with Crippen LogP contribution in [0.15, 0.2) is 23.8 Å². The summed E-state index contributed by atoms with van der Waals surface area (Å²) < 4.78 is 17.8. The molecule has 0 spiro atoms. The molecule has 3 rings (SSSR count). The van der Waals surface area contributed by atoms with Crippen LogP contribution in [0.4, 0.5) is 0 Å². The van der Waals surface area contributed by atoms with Gasteiger partial charge in [0.25, 0.3) is 0 Å². The first kappa shape index (κ1) is 30.6. The van der Waals surface area contributed by atoms with Crippen LogP contribution in [0.1, 0.15) is 25.3 Å². The van der Waals surface area contributed by atoms with Crippen LogP contribution in [-0.2, 0) is 20.9 Å². The predicted molar refractivity (Wildman–Crippen MR) is 148 cm³/mol. The SMILES string of the molecule is CCC(=O)N(CCN1CCOCC1)[C@@H]1CC(C(=O)NCCO)=C[C@H](Oc2c(I)cc(CO)cc2OC)[C@H]1O. The Morgan fingerprint density at radius 2 is 2.00 bits per heavy atom. The molecule has 38 heavy (non-hydrogen) atoms. The molecule has 1 aliphatic heterocycles. The Labute approximate surface area is 236 Å². The Kier molecular flexibility index (Phi) is 12.1. The van der Waals surface area contributed by atoms with Gasteiger partial charge in [0.05, 0.1) is 43.1 Å². The lowest BCUT2D eigenvalue weighted by atomic mass is 9.88. The van der Waals surface area contributed by atoms with Crippen molar-refractivity contribution >= 4 is 34.4 Å². The minimum atomic E-state index is -1.12. The highest BCUT2D eigenvalue weighted by molar-refractivity contribution is 14.1. The summed E-state index contributed by atoms with van der Waals surface area (Å²) in [6.07, 6.45) is -0.114. The molecule has 1 fully saturated rings. The molecule has 0 aromatic heterocycles. The van der Waals surface area contributed by atoms with Crippen molar-refractivity contribution in [3.05, 3.63) is 32.9 Å². The van der Waals surface area contributed by atoms with Crippen molar-refractivity contribution in [2.45, 2.75) is 44.6 Å². The number of amides is 2. The molecule has 0 bridgehead atoms. The molecule has 0 unspecified atom stereocenters. The number of hydrogen-bond donors (Lipinski definition) is 4. The molecule has 1 aromatic carbocycles. The van der Waals surface area contributed by atoms with E-state index in [0.29, 0.717) is 52.5 Å². The number of benzene rings is 1. The highest BCUT2D eigenvalue weighted by Gasteiger charge is 2.40. The summed E-state index contributed by atoms with van der Waals surface area (Å²) in [5, 5.41) is 32.9. The van der Waals surface area contributed by atoms with Crippen molar-refractivity contribution in [2.24, 2.45) is 0 Å². The molecular weight excluding hydrogens is 609 g/mol. The lowest BCUT2D eigenvalue weighted by Gasteiger charge is -2.41. The van der Waals surface area contributed by atoms with Gasteiger partial charge in [-0.25, -0.2) is 0 Å². The minimum Gasteiger partial charge on any atom is -0.493 e. The van der Waals surface area contributed by atoms with Gasteiger partial charge in [0.15, 0.2) is 11.5 Å². The largest absolute Gasteiger partial charge is 0.493 e. The van der Waals surface area contributed by atoms with Gasteiger partial charge in [-0.05, 0) is 46.4 Å². The molecule has 4 N–H and O–H groups in total. The second kappa shape index (κ2) is 15.0. The van der Waals surface area contributed by atoms with Gasteiger partial charge in [-0.3, -0.25) is 14.5 Å². The molecule has 12 heteroatoms. The Morgan fingerprint density at radius 1 is 1.26 bits per heavy atom. The van der Waals surface area contributed by atoms with E-state index in [-0.39, 0.29) is 44.4 Å². The summed E-state index contributed by atoms with van der Waals surface area (Å²) in [6.45, 7) is 5.28.